The molecule has 0 aliphatic rings. The Bertz CT molecular complexity index is 488. The number of imidazole rings is 1. The minimum Gasteiger partial charge on any atom is -0.339 e. The summed E-state index contributed by atoms with van der Waals surface area (Å²) in [5, 5.41) is 3.35. The lowest BCUT2D eigenvalue weighted by atomic mass is 10.2. The maximum absolute atomic E-state index is 4.37. The molecule has 90 valence electrons. The zero-order chi connectivity index (χ0) is 12.3. The Labute approximate surface area is 102 Å². The second-order valence-corrected chi connectivity index (χ2v) is 4.46. The van der Waals surface area contributed by atoms with Crippen LogP contribution in [0.1, 0.15) is 25.1 Å². The first-order valence-corrected chi connectivity index (χ1v) is 5.86. The quantitative estimate of drug-likeness (QED) is 0.847. The van der Waals surface area contributed by atoms with Crippen LogP contribution in [0.2, 0.25) is 0 Å². The third kappa shape index (κ3) is 2.91. The highest BCUT2D eigenvalue weighted by Gasteiger charge is 2.07. The summed E-state index contributed by atoms with van der Waals surface area (Å²) in [4.78, 5) is 12.0. The fraction of sp³-hybridized carbons (Fsp3) is 0.385. The molecular formula is C13H18N4. The van der Waals surface area contributed by atoms with Crippen LogP contribution in [0.3, 0.4) is 0 Å². The van der Waals surface area contributed by atoms with Crippen LogP contribution in [0.4, 0.5) is 0 Å². The van der Waals surface area contributed by atoms with E-state index in [9.17, 15) is 0 Å². The van der Waals surface area contributed by atoms with Crippen LogP contribution in [0, 0.1) is 6.92 Å². The van der Waals surface area contributed by atoms with E-state index in [0.717, 1.165) is 29.3 Å². The second kappa shape index (κ2) is 5.10. The van der Waals surface area contributed by atoms with Crippen molar-refractivity contribution in [1.82, 2.24) is 20.3 Å². The number of pyridine rings is 1. The molecule has 0 radical (unpaired) electrons. The summed E-state index contributed by atoms with van der Waals surface area (Å²) in [7, 11) is 0. The monoisotopic (exact) mass is 230 g/mol. The lowest BCUT2D eigenvalue weighted by Crippen LogP contribution is -2.21. The van der Waals surface area contributed by atoms with Crippen LogP contribution in [-0.2, 0) is 6.54 Å². The zero-order valence-corrected chi connectivity index (χ0v) is 10.5. The van der Waals surface area contributed by atoms with Gasteiger partial charge >= 0.3 is 0 Å². The molecule has 0 aliphatic carbocycles. The highest BCUT2D eigenvalue weighted by Crippen LogP contribution is 2.16. The number of rotatable bonds is 4. The predicted molar refractivity (Wildman–Crippen MR) is 68.5 cm³/mol. The normalized spacial score (nSPS) is 11.1. The highest BCUT2D eigenvalue weighted by atomic mass is 15.0. The summed E-state index contributed by atoms with van der Waals surface area (Å²) < 4.78 is 0. The van der Waals surface area contributed by atoms with E-state index in [0.29, 0.717) is 6.04 Å². The van der Waals surface area contributed by atoms with Gasteiger partial charge in [-0.25, -0.2) is 4.98 Å². The molecule has 17 heavy (non-hydrogen) atoms. The Balaban J connectivity index is 2.16. The number of hydrogen-bond acceptors (Lipinski definition) is 3. The standard InChI is InChI=1S/C13H18N4/c1-9(2)15-7-11-8-16-13(17-11)12-10(3)5-4-6-14-12/h4-6,8-9,15H,7H2,1-3H3,(H,16,17). The van der Waals surface area contributed by atoms with Gasteiger partial charge in [-0.15, -0.1) is 0 Å². The molecule has 0 saturated heterocycles. The smallest absolute Gasteiger partial charge is 0.156 e. The molecular weight excluding hydrogens is 212 g/mol. The van der Waals surface area contributed by atoms with E-state index < -0.39 is 0 Å². The maximum atomic E-state index is 4.37. The van der Waals surface area contributed by atoms with Crippen molar-refractivity contribution in [3.63, 3.8) is 0 Å². The summed E-state index contributed by atoms with van der Waals surface area (Å²) in [6.45, 7) is 7.09. The van der Waals surface area contributed by atoms with Gasteiger partial charge in [0.05, 0.1) is 6.20 Å². The van der Waals surface area contributed by atoms with E-state index in [1.807, 2.05) is 25.3 Å². The Morgan fingerprint density at radius 3 is 2.88 bits per heavy atom. The average molecular weight is 230 g/mol. The van der Waals surface area contributed by atoms with Crippen LogP contribution in [0.15, 0.2) is 24.5 Å². The van der Waals surface area contributed by atoms with E-state index >= 15 is 0 Å². The summed E-state index contributed by atoms with van der Waals surface area (Å²) in [5.74, 6) is 0.837. The number of aromatic nitrogens is 3. The molecule has 0 aromatic carbocycles. The van der Waals surface area contributed by atoms with Gasteiger partial charge in [0, 0.05) is 24.5 Å². The Kier molecular flexibility index (Phi) is 3.54. The maximum Gasteiger partial charge on any atom is 0.156 e. The number of hydrogen-bond donors (Lipinski definition) is 2. The number of nitrogens with zero attached hydrogens (tertiary/aromatic N) is 2. The van der Waals surface area contributed by atoms with E-state index in [-0.39, 0.29) is 0 Å². The molecule has 2 rings (SSSR count). The third-order valence-electron chi connectivity index (χ3n) is 2.56. The molecule has 0 spiro atoms. The molecule has 2 heterocycles. The molecule has 2 aromatic heterocycles. The van der Waals surface area contributed by atoms with Crippen LogP contribution < -0.4 is 5.32 Å². The van der Waals surface area contributed by atoms with E-state index in [1.54, 1.807) is 6.20 Å². The number of aromatic amines is 1. The lowest BCUT2D eigenvalue weighted by Gasteiger charge is -2.05. The Hall–Kier alpha value is -1.68. The number of aryl methyl sites for hydroxylation is 1. The van der Waals surface area contributed by atoms with Gasteiger partial charge in [-0.1, -0.05) is 19.9 Å². The molecule has 0 saturated carbocycles. The minimum atomic E-state index is 0.471. The van der Waals surface area contributed by atoms with Gasteiger partial charge in [0.1, 0.15) is 5.69 Å². The van der Waals surface area contributed by atoms with Gasteiger partial charge in [-0.3, -0.25) is 4.98 Å². The molecule has 0 bridgehead atoms. The van der Waals surface area contributed by atoms with E-state index in [2.05, 4.69) is 34.1 Å². The summed E-state index contributed by atoms with van der Waals surface area (Å²) in [6.07, 6.45) is 3.65. The fourth-order valence-corrected chi connectivity index (χ4v) is 1.62. The van der Waals surface area contributed by atoms with Crippen molar-refractivity contribution < 1.29 is 0 Å². The summed E-state index contributed by atoms with van der Waals surface area (Å²) in [5.41, 5.74) is 3.13. The van der Waals surface area contributed by atoms with Gasteiger partial charge in [-0.05, 0) is 18.6 Å². The van der Waals surface area contributed by atoms with Crippen LogP contribution >= 0.6 is 0 Å². The highest BCUT2D eigenvalue weighted by molar-refractivity contribution is 5.54. The molecule has 0 amide bonds. The van der Waals surface area contributed by atoms with Gasteiger partial charge in [0.2, 0.25) is 0 Å². The first kappa shape index (κ1) is 11.8. The van der Waals surface area contributed by atoms with Crippen LogP contribution in [0.5, 0.6) is 0 Å². The van der Waals surface area contributed by atoms with Gasteiger partial charge in [0.25, 0.3) is 0 Å². The molecule has 2 N–H and O–H groups in total. The first-order valence-electron chi connectivity index (χ1n) is 5.86. The van der Waals surface area contributed by atoms with Crippen molar-refractivity contribution in [3.8, 4) is 11.5 Å². The SMILES string of the molecule is Cc1cccnc1-c1ncc(CNC(C)C)[nH]1. The lowest BCUT2D eigenvalue weighted by molar-refractivity contribution is 0.583. The minimum absolute atomic E-state index is 0.471. The Morgan fingerprint density at radius 2 is 2.18 bits per heavy atom. The van der Waals surface area contributed by atoms with Crippen molar-refractivity contribution in [2.45, 2.75) is 33.4 Å². The largest absolute Gasteiger partial charge is 0.339 e. The van der Waals surface area contributed by atoms with E-state index in [1.165, 1.54) is 0 Å². The van der Waals surface area contributed by atoms with Crippen molar-refractivity contribution in [2.75, 3.05) is 0 Å². The molecule has 0 aliphatic heterocycles. The van der Waals surface area contributed by atoms with E-state index in [4.69, 9.17) is 0 Å². The van der Waals surface area contributed by atoms with Gasteiger partial charge in [0.15, 0.2) is 5.82 Å². The van der Waals surface area contributed by atoms with Gasteiger partial charge < -0.3 is 10.3 Å². The summed E-state index contributed by atoms with van der Waals surface area (Å²) >= 11 is 0. The zero-order valence-electron chi connectivity index (χ0n) is 10.5. The third-order valence-corrected chi connectivity index (χ3v) is 2.56. The van der Waals surface area contributed by atoms with Crippen molar-refractivity contribution in [2.24, 2.45) is 0 Å². The molecule has 4 nitrogen and oxygen atoms in total. The number of nitrogens with one attached hydrogen (secondary N) is 2. The molecule has 4 heteroatoms. The topological polar surface area (TPSA) is 53.6 Å². The Morgan fingerprint density at radius 1 is 1.35 bits per heavy atom. The average Bonchev–Trinajstić information content (AvgIpc) is 2.75. The number of H-pyrrole nitrogens is 1. The molecule has 0 fully saturated rings. The van der Waals surface area contributed by atoms with Gasteiger partial charge in [-0.2, -0.15) is 0 Å². The van der Waals surface area contributed by atoms with Crippen LogP contribution in [-0.4, -0.2) is 21.0 Å². The molecule has 0 unspecified atom stereocenters. The predicted octanol–water partition coefficient (Wildman–Crippen LogP) is 2.28. The van der Waals surface area contributed by atoms with Crippen molar-refractivity contribution in [3.05, 3.63) is 35.8 Å². The first-order chi connectivity index (χ1) is 8.16. The molecule has 2 aromatic rings. The van der Waals surface area contributed by atoms with Crippen LogP contribution in [0.25, 0.3) is 11.5 Å². The summed E-state index contributed by atoms with van der Waals surface area (Å²) in [6, 6.07) is 4.44. The van der Waals surface area contributed by atoms with Crippen molar-refractivity contribution >= 4 is 0 Å². The fourth-order valence-electron chi connectivity index (χ4n) is 1.62. The second-order valence-electron chi connectivity index (χ2n) is 4.46. The molecule has 0 atom stereocenters. The van der Waals surface area contributed by atoms with Crippen molar-refractivity contribution in [1.29, 1.82) is 0 Å².